The van der Waals surface area contributed by atoms with Crippen LogP contribution in [0.4, 0.5) is 11.4 Å². The first-order valence-electron chi connectivity index (χ1n) is 10.1. The van der Waals surface area contributed by atoms with E-state index >= 15 is 0 Å². The fraction of sp³-hybridized carbons (Fsp3) is 0.478. The van der Waals surface area contributed by atoms with Crippen molar-refractivity contribution in [1.82, 2.24) is 5.32 Å². The Balaban J connectivity index is 2.12. The fourth-order valence-corrected chi connectivity index (χ4v) is 4.43. The lowest BCUT2D eigenvalue weighted by Crippen LogP contribution is -2.46. The van der Waals surface area contributed by atoms with Crippen LogP contribution in [0.5, 0.6) is 0 Å². The Morgan fingerprint density at radius 1 is 1.41 bits per heavy atom. The van der Waals surface area contributed by atoms with Crippen LogP contribution in [0, 0.1) is 0 Å². The third-order valence-corrected chi connectivity index (χ3v) is 6.13. The average molecular weight is 483 g/mol. The molecule has 1 aromatic carbocycles. The van der Waals surface area contributed by atoms with E-state index in [1.165, 1.54) is 11.3 Å². The van der Waals surface area contributed by atoms with Crippen LogP contribution in [-0.2, 0) is 4.74 Å². The third kappa shape index (κ3) is 6.03. The molecule has 0 aromatic heterocycles. The second-order valence-electron chi connectivity index (χ2n) is 7.43. The highest BCUT2D eigenvalue weighted by Gasteiger charge is 2.31. The van der Waals surface area contributed by atoms with Crippen molar-refractivity contribution in [2.75, 3.05) is 30.9 Å². The number of benzene rings is 1. The van der Waals surface area contributed by atoms with Crippen LogP contribution in [0.3, 0.4) is 0 Å². The monoisotopic (exact) mass is 481 g/mol. The number of rotatable bonds is 10. The summed E-state index contributed by atoms with van der Waals surface area (Å²) in [5.74, 6) is 1.41. The molecule has 0 amide bonds. The molecule has 6 heteroatoms. The molecule has 0 saturated heterocycles. The number of methoxy groups -OCH3 is 1. The Hall–Kier alpha value is -1.43. The summed E-state index contributed by atoms with van der Waals surface area (Å²) in [4.78, 5) is 2.24. The van der Waals surface area contributed by atoms with Gasteiger partial charge in [0.1, 0.15) is 5.76 Å². The molecule has 0 fully saturated rings. The van der Waals surface area contributed by atoms with Crippen molar-refractivity contribution in [3.63, 3.8) is 0 Å². The molecule has 1 aromatic rings. The fourth-order valence-electron chi connectivity index (χ4n) is 3.67. The Morgan fingerprint density at radius 3 is 2.69 bits per heavy atom. The summed E-state index contributed by atoms with van der Waals surface area (Å²) < 4.78 is 6.63. The van der Waals surface area contributed by atoms with Crippen LogP contribution >= 0.6 is 27.5 Å². The molecule has 0 saturated carbocycles. The van der Waals surface area contributed by atoms with E-state index in [0.717, 1.165) is 45.8 Å². The first-order valence-corrected chi connectivity index (χ1v) is 11.3. The van der Waals surface area contributed by atoms with Gasteiger partial charge >= 0.3 is 0 Å². The minimum absolute atomic E-state index is 0.0500. The van der Waals surface area contributed by atoms with Gasteiger partial charge in [-0.3, -0.25) is 5.32 Å². The summed E-state index contributed by atoms with van der Waals surface area (Å²) in [5.41, 5.74) is 4.57. The van der Waals surface area contributed by atoms with Gasteiger partial charge in [0.15, 0.2) is 6.29 Å². The molecule has 0 radical (unpaired) electrons. The van der Waals surface area contributed by atoms with Crippen LogP contribution in [0.25, 0.3) is 0 Å². The van der Waals surface area contributed by atoms with Crippen LogP contribution in [0.15, 0.2) is 46.7 Å². The zero-order valence-electron chi connectivity index (χ0n) is 18.1. The molecular weight excluding hydrogens is 450 g/mol. The highest BCUT2D eigenvalue weighted by Crippen LogP contribution is 2.45. The van der Waals surface area contributed by atoms with Gasteiger partial charge in [-0.1, -0.05) is 59.6 Å². The van der Waals surface area contributed by atoms with E-state index in [1.54, 1.807) is 7.11 Å². The van der Waals surface area contributed by atoms with E-state index in [4.69, 9.17) is 16.3 Å². The first kappa shape index (κ1) is 23.8. The third-order valence-electron chi connectivity index (χ3n) is 5.26. The summed E-state index contributed by atoms with van der Waals surface area (Å²) in [5, 5.41) is 7.82. The number of hydrogen-bond donors (Lipinski definition) is 2. The summed E-state index contributed by atoms with van der Waals surface area (Å²) in [7, 11) is 3.80. The Bertz CT molecular complexity index is 787. The second kappa shape index (κ2) is 11.1. The molecule has 0 aliphatic carbocycles. The second-order valence-corrected chi connectivity index (χ2v) is 8.85. The van der Waals surface area contributed by atoms with Crippen molar-refractivity contribution in [3.05, 3.63) is 57.3 Å². The molecular formula is C23H33BrClN3O. The standard InChI is InChI=1S/C23H33BrClN3O/c1-7-16(8-2)19-11-12-20(25)21-22(19)28(5)23(27-21)26-14-18(29-6)10-9-17(24)13-15(3)4/h10-13,16,23,26-27H,3,7-9,14H2,1-2,4-6H3/b17-13+,18-10+. The number of allylic oxidation sites excluding steroid dienone is 4. The minimum Gasteiger partial charge on any atom is -0.500 e. The normalized spacial score (nSPS) is 16.8. The number of ether oxygens (including phenoxy) is 1. The van der Waals surface area contributed by atoms with Gasteiger partial charge in [0.05, 0.1) is 30.1 Å². The molecule has 1 aliphatic heterocycles. The number of anilines is 2. The maximum atomic E-state index is 6.51. The molecule has 2 N–H and O–H groups in total. The number of hydrogen-bond acceptors (Lipinski definition) is 4. The van der Waals surface area contributed by atoms with Crippen molar-refractivity contribution in [2.24, 2.45) is 0 Å². The van der Waals surface area contributed by atoms with E-state index in [9.17, 15) is 0 Å². The van der Waals surface area contributed by atoms with E-state index < -0.39 is 0 Å². The average Bonchev–Trinajstić information content (AvgIpc) is 3.01. The van der Waals surface area contributed by atoms with Crippen molar-refractivity contribution in [1.29, 1.82) is 0 Å². The van der Waals surface area contributed by atoms with Gasteiger partial charge in [0, 0.05) is 13.5 Å². The summed E-state index contributed by atoms with van der Waals surface area (Å²) in [6.07, 6.45) is 7.02. The zero-order valence-corrected chi connectivity index (χ0v) is 20.5. The summed E-state index contributed by atoms with van der Waals surface area (Å²) in [6.45, 7) is 11.0. The number of nitrogens with zero attached hydrogens (tertiary/aromatic N) is 1. The molecule has 1 unspecified atom stereocenters. The van der Waals surface area contributed by atoms with E-state index in [-0.39, 0.29) is 6.29 Å². The smallest absolute Gasteiger partial charge is 0.155 e. The summed E-state index contributed by atoms with van der Waals surface area (Å²) >= 11 is 10.1. The Labute approximate surface area is 189 Å². The Kier molecular flexibility index (Phi) is 9.12. The van der Waals surface area contributed by atoms with Gasteiger partial charge in [-0.25, -0.2) is 0 Å². The molecule has 1 heterocycles. The molecule has 29 heavy (non-hydrogen) atoms. The van der Waals surface area contributed by atoms with Gasteiger partial charge in [0.25, 0.3) is 0 Å². The molecule has 0 spiro atoms. The molecule has 1 aliphatic rings. The molecule has 160 valence electrons. The van der Waals surface area contributed by atoms with Gasteiger partial charge < -0.3 is 15.0 Å². The van der Waals surface area contributed by atoms with E-state index in [0.29, 0.717) is 12.5 Å². The molecule has 0 bridgehead atoms. The zero-order chi connectivity index (χ0) is 21.6. The first-order chi connectivity index (χ1) is 13.8. The van der Waals surface area contributed by atoms with Crippen molar-refractivity contribution >= 4 is 38.9 Å². The SMILES string of the molecule is C=C(C)/C=C(/Br)C/C=C(\CNC1Nc2c(Cl)ccc(C(CC)CC)c2N1C)OC. The van der Waals surface area contributed by atoms with Crippen LogP contribution in [0.1, 0.15) is 51.5 Å². The van der Waals surface area contributed by atoms with Gasteiger partial charge in [0.2, 0.25) is 0 Å². The molecule has 2 rings (SSSR count). The predicted molar refractivity (Wildman–Crippen MR) is 130 cm³/mol. The molecule has 1 atom stereocenters. The topological polar surface area (TPSA) is 36.5 Å². The minimum atomic E-state index is -0.0500. The van der Waals surface area contributed by atoms with Crippen LogP contribution < -0.4 is 15.5 Å². The van der Waals surface area contributed by atoms with Crippen LogP contribution in [-0.4, -0.2) is 27.0 Å². The quantitative estimate of drug-likeness (QED) is 0.285. The predicted octanol–water partition coefficient (Wildman–Crippen LogP) is 6.75. The van der Waals surface area contributed by atoms with Gasteiger partial charge in [-0.05, 0) is 53.9 Å². The van der Waals surface area contributed by atoms with Gasteiger partial charge in [-0.15, -0.1) is 0 Å². The lowest BCUT2D eigenvalue weighted by atomic mass is 9.92. The maximum Gasteiger partial charge on any atom is 0.155 e. The number of fused-ring (bicyclic) bond motifs is 1. The van der Waals surface area contributed by atoms with E-state index in [1.807, 2.05) is 19.1 Å². The molecule has 4 nitrogen and oxygen atoms in total. The van der Waals surface area contributed by atoms with E-state index in [2.05, 4.69) is 71.1 Å². The highest BCUT2D eigenvalue weighted by atomic mass is 79.9. The number of nitrogens with one attached hydrogen (secondary N) is 2. The van der Waals surface area contributed by atoms with Crippen LogP contribution in [0.2, 0.25) is 5.02 Å². The highest BCUT2D eigenvalue weighted by molar-refractivity contribution is 9.11. The summed E-state index contributed by atoms with van der Waals surface area (Å²) in [6, 6.07) is 4.18. The number of halogens is 2. The largest absolute Gasteiger partial charge is 0.500 e. The van der Waals surface area contributed by atoms with Crippen molar-refractivity contribution in [2.45, 2.75) is 52.2 Å². The lowest BCUT2D eigenvalue weighted by molar-refractivity contribution is 0.275. The lowest BCUT2D eigenvalue weighted by Gasteiger charge is -2.26. The van der Waals surface area contributed by atoms with Gasteiger partial charge in [-0.2, -0.15) is 0 Å². The van der Waals surface area contributed by atoms with Crippen molar-refractivity contribution < 1.29 is 4.74 Å². The Morgan fingerprint density at radius 2 is 2.10 bits per heavy atom. The van der Waals surface area contributed by atoms with Crippen molar-refractivity contribution in [3.8, 4) is 0 Å². The maximum absolute atomic E-state index is 6.51.